The summed E-state index contributed by atoms with van der Waals surface area (Å²) in [6.45, 7) is 3.15. The van der Waals surface area contributed by atoms with Gasteiger partial charge in [-0.2, -0.15) is 0 Å². The summed E-state index contributed by atoms with van der Waals surface area (Å²) in [6, 6.07) is 13.0. The first-order chi connectivity index (χ1) is 13.7. The van der Waals surface area contributed by atoms with E-state index in [1.54, 1.807) is 31.2 Å². The number of amides is 2. The van der Waals surface area contributed by atoms with E-state index in [1.165, 1.54) is 0 Å². The average molecular weight is 377 g/mol. The van der Waals surface area contributed by atoms with Gasteiger partial charge in [0.2, 0.25) is 5.91 Å². The van der Waals surface area contributed by atoms with Gasteiger partial charge in [0.05, 0.1) is 0 Å². The topological polar surface area (TPSA) is 79.6 Å². The minimum absolute atomic E-state index is 0.00264. The third-order valence-corrected chi connectivity index (χ3v) is 5.20. The maximum Gasteiger partial charge on any atom is 0.253 e. The van der Waals surface area contributed by atoms with Gasteiger partial charge in [0, 0.05) is 42.9 Å². The van der Waals surface area contributed by atoms with Gasteiger partial charge in [0.15, 0.2) is 5.65 Å². The third kappa shape index (κ3) is 3.60. The predicted molar refractivity (Wildman–Crippen MR) is 106 cm³/mol. The van der Waals surface area contributed by atoms with E-state index < -0.39 is 0 Å². The molecule has 7 heteroatoms. The van der Waals surface area contributed by atoms with Crippen molar-refractivity contribution in [3.63, 3.8) is 0 Å². The molecule has 4 rings (SSSR count). The highest BCUT2D eigenvalue weighted by Crippen LogP contribution is 2.28. The van der Waals surface area contributed by atoms with Gasteiger partial charge in [-0.1, -0.05) is 19.1 Å². The molecular weight excluding hydrogens is 354 g/mol. The van der Waals surface area contributed by atoms with Crippen LogP contribution in [0.4, 0.5) is 5.69 Å². The molecule has 0 aliphatic carbocycles. The highest BCUT2D eigenvalue weighted by molar-refractivity contribution is 5.97. The number of rotatable bonds is 4. The van der Waals surface area contributed by atoms with Gasteiger partial charge < -0.3 is 10.2 Å². The Morgan fingerprint density at radius 3 is 2.71 bits per heavy atom. The fraction of sp³-hybridized carbons (Fsp3) is 0.333. The van der Waals surface area contributed by atoms with Crippen LogP contribution in [0.2, 0.25) is 0 Å². The summed E-state index contributed by atoms with van der Waals surface area (Å²) >= 11 is 0. The molecule has 1 N–H and O–H groups in total. The van der Waals surface area contributed by atoms with Crippen LogP contribution >= 0.6 is 0 Å². The number of aromatic nitrogens is 3. The molecule has 1 aromatic carbocycles. The molecule has 1 aliphatic rings. The van der Waals surface area contributed by atoms with Crippen LogP contribution in [-0.4, -0.2) is 44.4 Å². The van der Waals surface area contributed by atoms with Gasteiger partial charge in [-0.15, -0.1) is 10.2 Å². The van der Waals surface area contributed by atoms with E-state index in [9.17, 15) is 9.59 Å². The monoisotopic (exact) mass is 377 g/mol. The lowest BCUT2D eigenvalue weighted by Gasteiger charge is -2.31. The molecule has 0 saturated carbocycles. The molecule has 3 heterocycles. The van der Waals surface area contributed by atoms with E-state index >= 15 is 0 Å². The molecule has 1 fully saturated rings. The van der Waals surface area contributed by atoms with Crippen LogP contribution < -0.4 is 5.32 Å². The Labute approximate surface area is 163 Å². The van der Waals surface area contributed by atoms with Gasteiger partial charge in [-0.3, -0.25) is 14.0 Å². The van der Waals surface area contributed by atoms with Gasteiger partial charge in [-0.05, 0) is 43.2 Å². The number of nitrogens with one attached hydrogen (secondary N) is 1. The van der Waals surface area contributed by atoms with Crippen molar-refractivity contribution in [1.82, 2.24) is 19.5 Å². The van der Waals surface area contributed by atoms with Gasteiger partial charge in [0.1, 0.15) is 5.82 Å². The van der Waals surface area contributed by atoms with E-state index in [0.29, 0.717) is 30.8 Å². The number of fused-ring (bicyclic) bond motifs is 1. The maximum atomic E-state index is 12.9. The summed E-state index contributed by atoms with van der Waals surface area (Å²) < 4.78 is 2.03. The normalized spacial score (nSPS) is 15.0. The van der Waals surface area contributed by atoms with Crippen molar-refractivity contribution in [2.24, 2.45) is 0 Å². The summed E-state index contributed by atoms with van der Waals surface area (Å²) in [4.78, 5) is 26.4. The fourth-order valence-corrected chi connectivity index (χ4v) is 3.64. The Morgan fingerprint density at radius 2 is 1.93 bits per heavy atom. The largest absolute Gasteiger partial charge is 0.339 e. The van der Waals surface area contributed by atoms with Crippen molar-refractivity contribution in [3.8, 4) is 0 Å². The molecule has 0 radical (unpaired) electrons. The van der Waals surface area contributed by atoms with Crippen LogP contribution in [0.15, 0.2) is 48.7 Å². The lowest BCUT2D eigenvalue weighted by Crippen LogP contribution is -2.38. The van der Waals surface area contributed by atoms with Crippen molar-refractivity contribution in [2.45, 2.75) is 32.1 Å². The Bertz CT molecular complexity index is 1000. The summed E-state index contributed by atoms with van der Waals surface area (Å²) in [7, 11) is 0. The zero-order chi connectivity index (χ0) is 19.5. The molecule has 2 aromatic heterocycles. The molecule has 0 spiro atoms. The van der Waals surface area contributed by atoms with Crippen LogP contribution in [0.25, 0.3) is 5.65 Å². The van der Waals surface area contributed by atoms with Crippen LogP contribution in [0.3, 0.4) is 0 Å². The number of likely N-dealkylation sites (tertiary alicyclic amines) is 1. The highest BCUT2D eigenvalue weighted by atomic mass is 16.2. The van der Waals surface area contributed by atoms with Crippen molar-refractivity contribution in [2.75, 3.05) is 18.4 Å². The lowest BCUT2D eigenvalue weighted by molar-refractivity contribution is -0.115. The smallest absolute Gasteiger partial charge is 0.253 e. The summed E-state index contributed by atoms with van der Waals surface area (Å²) in [5, 5.41) is 11.4. The first-order valence-electron chi connectivity index (χ1n) is 9.64. The number of piperidine rings is 1. The molecule has 1 saturated heterocycles. The highest BCUT2D eigenvalue weighted by Gasteiger charge is 2.27. The Balaban J connectivity index is 1.43. The van der Waals surface area contributed by atoms with Gasteiger partial charge >= 0.3 is 0 Å². The van der Waals surface area contributed by atoms with Gasteiger partial charge in [0.25, 0.3) is 5.91 Å². The van der Waals surface area contributed by atoms with E-state index in [1.807, 2.05) is 33.7 Å². The number of carbonyl (C=O) groups is 2. The minimum Gasteiger partial charge on any atom is -0.339 e. The second-order valence-corrected chi connectivity index (χ2v) is 7.04. The van der Waals surface area contributed by atoms with Crippen LogP contribution in [0.1, 0.15) is 48.3 Å². The molecule has 1 aliphatic heterocycles. The molecule has 3 aromatic rings. The van der Waals surface area contributed by atoms with Crippen molar-refractivity contribution < 1.29 is 9.59 Å². The molecule has 144 valence electrons. The number of benzene rings is 1. The van der Waals surface area contributed by atoms with E-state index in [2.05, 4.69) is 15.5 Å². The Kier molecular flexibility index (Phi) is 5.06. The SMILES string of the molecule is CCC(=O)Nc1cccc(C(=O)N2CCC(c3nnc4ccccn34)CC2)c1. The van der Waals surface area contributed by atoms with E-state index in [-0.39, 0.29) is 17.7 Å². The summed E-state index contributed by atoms with van der Waals surface area (Å²) in [6.07, 6.45) is 4.10. The fourth-order valence-electron chi connectivity index (χ4n) is 3.64. The lowest BCUT2D eigenvalue weighted by atomic mass is 9.95. The van der Waals surface area contributed by atoms with Crippen molar-refractivity contribution >= 4 is 23.1 Å². The molecular formula is C21H23N5O2. The Hall–Kier alpha value is -3.22. The zero-order valence-electron chi connectivity index (χ0n) is 15.8. The average Bonchev–Trinajstić information content (AvgIpc) is 3.17. The predicted octanol–water partition coefficient (Wildman–Crippen LogP) is 3.10. The summed E-state index contributed by atoms with van der Waals surface area (Å²) in [5.41, 5.74) is 2.10. The number of hydrogen-bond acceptors (Lipinski definition) is 4. The van der Waals surface area contributed by atoms with Crippen molar-refractivity contribution in [1.29, 1.82) is 0 Å². The number of pyridine rings is 1. The Morgan fingerprint density at radius 1 is 1.11 bits per heavy atom. The second-order valence-electron chi connectivity index (χ2n) is 7.04. The van der Waals surface area contributed by atoms with Crippen LogP contribution in [0.5, 0.6) is 0 Å². The number of hydrogen-bond donors (Lipinski definition) is 1. The number of carbonyl (C=O) groups excluding carboxylic acids is 2. The maximum absolute atomic E-state index is 12.9. The summed E-state index contributed by atoms with van der Waals surface area (Å²) in [5.74, 6) is 1.19. The van der Waals surface area contributed by atoms with Crippen LogP contribution in [-0.2, 0) is 4.79 Å². The van der Waals surface area contributed by atoms with E-state index in [4.69, 9.17) is 0 Å². The molecule has 0 unspecified atom stereocenters. The molecule has 2 amide bonds. The number of anilines is 1. The molecule has 0 atom stereocenters. The molecule has 28 heavy (non-hydrogen) atoms. The molecule has 7 nitrogen and oxygen atoms in total. The molecule has 0 bridgehead atoms. The van der Waals surface area contributed by atoms with E-state index in [0.717, 1.165) is 24.3 Å². The van der Waals surface area contributed by atoms with Crippen LogP contribution in [0, 0.1) is 0 Å². The van der Waals surface area contributed by atoms with Gasteiger partial charge in [-0.25, -0.2) is 0 Å². The second kappa shape index (κ2) is 7.80. The van der Waals surface area contributed by atoms with Crippen molar-refractivity contribution in [3.05, 3.63) is 60.0 Å². The minimum atomic E-state index is -0.0639. The number of nitrogens with zero attached hydrogens (tertiary/aromatic N) is 4. The first kappa shape index (κ1) is 18.2. The zero-order valence-corrected chi connectivity index (χ0v) is 15.8. The quantitative estimate of drug-likeness (QED) is 0.758. The first-order valence-corrected chi connectivity index (χ1v) is 9.64. The standard InChI is InChI=1S/C21H23N5O2/c1-2-19(27)22-17-7-5-6-16(14-17)21(28)25-12-9-15(10-13-25)20-24-23-18-8-3-4-11-26(18)20/h3-8,11,14-15H,2,9-10,12-13H2,1H3,(H,22,27). The third-order valence-electron chi connectivity index (χ3n) is 5.20.